The molecule has 3 nitrogen and oxygen atoms in total. The second-order valence-corrected chi connectivity index (χ2v) is 5.31. The first-order valence-electron chi connectivity index (χ1n) is 6.26. The van der Waals surface area contributed by atoms with Gasteiger partial charge in [-0.25, -0.2) is 0 Å². The third-order valence-corrected chi connectivity index (χ3v) is 2.84. The van der Waals surface area contributed by atoms with Crippen molar-refractivity contribution in [3.63, 3.8) is 0 Å². The van der Waals surface area contributed by atoms with Crippen molar-refractivity contribution in [2.24, 2.45) is 0 Å². The quantitative estimate of drug-likeness (QED) is 0.750. The zero-order valence-electron chi connectivity index (χ0n) is 11.3. The fourth-order valence-corrected chi connectivity index (χ4v) is 1.82. The van der Waals surface area contributed by atoms with Gasteiger partial charge in [-0.05, 0) is 50.6 Å². The second-order valence-electron chi connectivity index (χ2n) is 4.87. The van der Waals surface area contributed by atoms with Gasteiger partial charge in [0, 0.05) is 11.6 Å². The first-order chi connectivity index (χ1) is 8.44. The van der Waals surface area contributed by atoms with Gasteiger partial charge in [0.15, 0.2) is 0 Å². The molecular formula is C14H22ClNO2. The highest BCUT2D eigenvalue weighted by Gasteiger charge is 2.21. The van der Waals surface area contributed by atoms with E-state index in [0.717, 1.165) is 24.3 Å². The molecule has 0 aliphatic heterocycles. The number of rotatable bonds is 7. The molecule has 1 unspecified atom stereocenters. The maximum Gasteiger partial charge on any atom is 0.122 e. The van der Waals surface area contributed by atoms with Crippen molar-refractivity contribution in [3.05, 3.63) is 28.8 Å². The lowest BCUT2D eigenvalue weighted by Gasteiger charge is -2.24. The summed E-state index contributed by atoms with van der Waals surface area (Å²) in [5.41, 5.74) is 0.0983. The largest absolute Gasteiger partial charge is 0.490 e. The second kappa shape index (κ2) is 6.98. The number of hydrogen-bond donors (Lipinski definition) is 2. The summed E-state index contributed by atoms with van der Waals surface area (Å²) in [7, 11) is 0. The van der Waals surface area contributed by atoms with Gasteiger partial charge in [0.05, 0.1) is 0 Å². The first-order valence-corrected chi connectivity index (χ1v) is 6.64. The number of hydrogen-bond acceptors (Lipinski definition) is 3. The molecule has 0 aliphatic rings. The molecule has 1 rings (SSSR count). The van der Waals surface area contributed by atoms with E-state index in [-0.39, 0.29) is 6.61 Å². The summed E-state index contributed by atoms with van der Waals surface area (Å²) in [6.07, 6.45) is 1.05. The Morgan fingerprint density at radius 3 is 2.78 bits per heavy atom. The van der Waals surface area contributed by atoms with Gasteiger partial charge in [-0.3, -0.25) is 0 Å². The van der Waals surface area contributed by atoms with Crippen LogP contribution in [0.15, 0.2) is 18.2 Å². The van der Waals surface area contributed by atoms with E-state index < -0.39 is 5.60 Å². The number of aryl methyl sites for hydroxylation is 1. The smallest absolute Gasteiger partial charge is 0.122 e. The molecule has 0 radical (unpaired) electrons. The van der Waals surface area contributed by atoms with E-state index in [1.807, 2.05) is 19.1 Å². The van der Waals surface area contributed by atoms with Crippen molar-refractivity contribution >= 4 is 11.6 Å². The van der Waals surface area contributed by atoms with E-state index in [9.17, 15) is 5.11 Å². The van der Waals surface area contributed by atoms with Crippen LogP contribution in [-0.2, 0) is 0 Å². The van der Waals surface area contributed by atoms with Crippen molar-refractivity contribution in [2.75, 3.05) is 19.7 Å². The number of benzene rings is 1. The molecule has 0 saturated carbocycles. The fourth-order valence-electron chi connectivity index (χ4n) is 1.59. The summed E-state index contributed by atoms with van der Waals surface area (Å²) < 4.78 is 5.64. The van der Waals surface area contributed by atoms with Crippen molar-refractivity contribution < 1.29 is 9.84 Å². The highest BCUT2D eigenvalue weighted by molar-refractivity contribution is 6.30. The van der Waals surface area contributed by atoms with Gasteiger partial charge in [0.25, 0.3) is 0 Å². The molecule has 1 atom stereocenters. The Hall–Kier alpha value is -0.770. The Bertz CT molecular complexity index is 380. The third kappa shape index (κ3) is 5.25. The highest BCUT2D eigenvalue weighted by atomic mass is 35.5. The van der Waals surface area contributed by atoms with Gasteiger partial charge in [0.1, 0.15) is 18.0 Å². The van der Waals surface area contributed by atoms with Gasteiger partial charge in [-0.15, -0.1) is 0 Å². The summed E-state index contributed by atoms with van der Waals surface area (Å²) in [5.74, 6) is 0.759. The average molecular weight is 272 g/mol. The van der Waals surface area contributed by atoms with Crippen LogP contribution in [0.5, 0.6) is 5.75 Å². The van der Waals surface area contributed by atoms with Crippen molar-refractivity contribution in [2.45, 2.75) is 32.8 Å². The predicted molar refractivity (Wildman–Crippen MR) is 75.5 cm³/mol. The predicted octanol–water partition coefficient (Wildman–Crippen LogP) is 2.78. The van der Waals surface area contributed by atoms with Crippen LogP contribution < -0.4 is 10.1 Å². The highest BCUT2D eigenvalue weighted by Crippen LogP contribution is 2.22. The molecule has 0 aliphatic carbocycles. The van der Waals surface area contributed by atoms with E-state index in [0.29, 0.717) is 11.6 Å². The molecule has 0 saturated heterocycles. The van der Waals surface area contributed by atoms with Gasteiger partial charge in [-0.1, -0.05) is 18.5 Å². The summed E-state index contributed by atoms with van der Waals surface area (Å²) in [6, 6.07) is 5.46. The summed E-state index contributed by atoms with van der Waals surface area (Å²) in [6.45, 7) is 7.47. The maximum atomic E-state index is 10.1. The molecule has 0 bridgehead atoms. The van der Waals surface area contributed by atoms with Crippen LogP contribution in [0.4, 0.5) is 0 Å². The first kappa shape index (κ1) is 15.3. The average Bonchev–Trinajstić information content (AvgIpc) is 2.28. The standard InChI is InChI=1S/C14H22ClNO2/c1-4-7-16-9-14(3,17)10-18-13-6-5-12(15)8-11(13)2/h5-6,8,16-17H,4,7,9-10H2,1-3H3. The molecule has 0 spiro atoms. The minimum absolute atomic E-state index is 0.256. The number of halogens is 1. The van der Waals surface area contributed by atoms with Crippen LogP contribution in [0.1, 0.15) is 25.8 Å². The minimum atomic E-state index is -0.874. The van der Waals surface area contributed by atoms with Crippen LogP contribution in [0.2, 0.25) is 5.02 Å². The van der Waals surface area contributed by atoms with Crippen LogP contribution in [-0.4, -0.2) is 30.4 Å². The summed E-state index contributed by atoms with van der Waals surface area (Å²) in [4.78, 5) is 0. The Kier molecular flexibility index (Phi) is 5.93. The van der Waals surface area contributed by atoms with Gasteiger partial charge < -0.3 is 15.2 Å². The normalized spacial score (nSPS) is 14.3. The molecule has 0 heterocycles. The number of aliphatic hydroxyl groups is 1. The van der Waals surface area contributed by atoms with Crippen molar-refractivity contribution in [1.82, 2.24) is 5.32 Å². The molecule has 2 N–H and O–H groups in total. The van der Waals surface area contributed by atoms with E-state index in [1.165, 1.54) is 0 Å². The third-order valence-electron chi connectivity index (χ3n) is 2.61. The van der Waals surface area contributed by atoms with Crippen molar-refractivity contribution in [1.29, 1.82) is 0 Å². The number of ether oxygens (including phenoxy) is 1. The Morgan fingerprint density at radius 2 is 2.17 bits per heavy atom. The fraction of sp³-hybridized carbons (Fsp3) is 0.571. The Morgan fingerprint density at radius 1 is 1.44 bits per heavy atom. The molecule has 102 valence electrons. The molecule has 0 aromatic heterocycles. The molecule has 0 fully saturated rings. The topological polar surface area (TPSA) is 41.5 Å². The van der Waals surface area contributed by atoms with Gasteiger partial charge >= 0.3 is 0 Å². The molecular weight excluding hydrogens is 250 g/mol. The lowest BCUT2D eigenvalue weighted by molar-refractivity contribution is 0.0123. The van der Waals surface area contributed by atoms with Gasteiger partial charge in [0.2, 0.25) is 0 Å². The maximum absolute atomic E-state index is 10.1. The lowest BCUT2D eigenvalue weighted by Crippen LogP contribution is -2.43. The monoisotopic (exact) mass is 271 g/mol. The molecule has 1 aromatic carbocycles. The minimum Gasteiger partial charge on any atom is -0.490 e. The summed E-state index contributed by atoms with van der Waals surface area (Å²) >= 11 is 5.88. The van der Waals surface area contributed by atoms with Crippen LogP contribution >= 0.6 is 11.6 Å². The zero-order chi connectivity index (χ0) is 13.6. The van der Waals surface area contributed by atoms with E-state index in [1.54, 1.807) is 13.0 Å². The summed E-state index contributed by atoms with van der Waals surface area (Å²) in [5, 5.41) is 14.0. The Balaban J connectivity index is 2.48. The Labute approximate surface area is 114 Å². The SMILES string of the molecule is CCCNCC(C)(O)COc1ccc(Cl)cc1C. The van der Waals surface area contributed by atoms with Crippen LogP contribution in [0, 0.1) is 6.92 Å². The van der Waals surface area contributed by atoms with E-state index in [2.05, 4.69) is 12.2 Å². The van der Waals surface area contributed by atoms with E-state index >= 15 is 0 Å². The zero-order valence-corrected chi connectivity index (χ0v) is 12.0. The van der Waals surface area contributed by atoms with Gasteiger partial charge in [-0.2, -0.15) is 0 Å². The molecule has 18 heavy (non-hydrogen) atoms. The van der Waals surface area contributed by atoms with Crippen LogP contribution in [0.3, 0.4) is 0 Å². The number of nitrogens with one attached hydrogen (secondary N) is 1. The van der Waals surface area contributed by atoms with Crippen LogP contribution in [0.25, 0.3) is 0 Å². The lowest BCUT2D eigenvalue weighted by atomic mass is 10.1. The molecule has 1 aromatic rings. The van der Waals surface area contributed by atoms with Crippen molar-refractivity contribution in [3.8, 4) is 5.75 Å². The van der Waals surface area contributed by atoms with E-state index in [4.69, 9.17) is 16.3 Å². The molecule has 4 heteroatoms. The molecule has 0 amide bonds.